The van der Waals surface area contributed by atoms with Crippen LogP contribution in [0, 0.1) is 11.8 Å². The van der Waals surface area contributed by atoms with E-state index in [9.17, 15) is 0 Å². The molecule has 0 amide bonds. The van der Waals surface area contributed by atoms with Gasteiger partial charge in [0.05, 0.1) is 0 Å². The maximum atomic E-state index is 2.38. The highest BCUT2D eigenvalue weighted by Crippen LogP contribution is 2.25. The molecule has 0 radical (unpaired) electrons. The van der Waals surface area contributed by atoms with Crippen LogP contribution in [0.2, 0.25) is 0 Å². The van der Waals surface area contributed by atoms with Crippen molar-refractivity contribution in [3.63, 3.8) is 0 Å². The molecule has 4 aromatic rings. The van der Waals surface area contributed by atoms with E-state index >= 15 is 0 Å². The number of benzene rings is 4. The Morgan fingerprint density at radius 1 is 0.556 bits per heavy atom. The summed E-state index contributed by atoms with van der Waals surface area (Å²) in [6.07, 6.45) is 3.56. The topological polar surface area (TPSA) is 0 Å². The third-order valence-electron chi connectivity index (χ3n) is 5.48. The van der Waals surface area contributed by atoms with Gasteiger partial charge in [0.2, 0.25) is 0 Å². The molecule has 0 N–H and O–H groups in total. The Morgan fingerprint density at radius 3 is 1.44 bits per heavy atom. The molecule has 0 heterocycles. The van der Waals surface area contributed by atoms with Crippen molar-refractivity contribution < 1.29 is 0 Å². The minimum Gasteiger partial charge on any atom is -0.0628 e. The molecular formula is C27H28. The molecule has 0 aliphatic rings. The molecule has 0 aliphatic carbocycles. The van der Waals surface area contributed by atoms with Gasteiger partial charge in [-0.3, -0.25) is 0 Å². The molecule has 0 bridgehead atoms. The van der Waals surface area contributed by atoms with Gasteiger partial charge in [0.15, 0.2) is 0 Å². The van der Waals surface area contributed by atoms with Gasteiger partial charge in [-0.05, 0) is 63.8 Å². The Kier molecular flexibility index (Phi) is 5.25. The second-order valence-electron chi connectivity index (χ2n) is 8.27. The molecule has 0 nitrogen and oxygen atoms in total. The van der Waals surface area contributed by atoms with Gasteiger partial charge in [-0.2, -0.15) is 0 Å². The highest BCUT2D eigenvalue weighted by atomic mass is 14.2. The maximum absolute atomic E-state index is 2.38. The highest BCUT2D eigenvalue weighted by molar-refractivity contribution is 5.83. The molecule has 0 atom stereocenters. The molecule has 4 aromatic carbocycles. The van der Waals surface area contributed by atoms with E-state index in [1.165, 1.54) is 39.1 Å². The van der Waals surface area contributed by atoms with E-state index in [1.54, 1.807) is 0 Å². The van der Waals surface area contributed by atoms with Crippen LogP contribution in [0.25, 0.3) is 21.5 Å². The Balaban J connectivity index is 1.57. The molecule has 0 saturated heterocycles. The molecule has 0 aromatic heterocycles. The zero-order valence-electron chi connectivity index (χ0n) is 16.4. The van der Waals surface area contributed by atoms with E-state index in [-0.39, 0.29) is 0 Å². The number of hydrogen-bond donors (Lipinski definition) is 0. The number of hydrogen-bond acceptors (Lipinski definition) is 0. The molecule has 4 rings (SSSR count). The smallest absolute Gasteiger partial charge is 0.0181 e. The van der Waals surface area contributed by atoms with Gasteiger partial charge in [-0.25, -0.2) is 0 Å². The lowest BCUT2D eigenvalue weighted by Gasteiger charge is -2.20. The standard InChI is InChI=1S/C27H28/c1-20(2)15-23(16-21-11-13-24-7-3-5-9-26(24)18-21)17-22-12-14-25-8-4-6-10-27(25)19-22/h3-14,18-20,23H,15-17H2,1-2H3. The van der Waals surface area contributed by atoms with Crippen LogP contribution >= 0.6 is 0 Å². The molecule has 0 spiro atoms. The zero-order chi connectivity index (χ0) is 18.6. The molecular weight excluding hydrogens is 324 g/mol. The molecule has 0 unspecified atom stereocenters. The first-order chi connectivity index (χ1) is 13.2. The second-order valence-corrected chi connectivity index (χ2v) is 8.27. The van der Waals surface area contributed by atoms with E-state index in [1.807, 2.05) is 0 Å². The van der Waals surface area contributed by atoms with Crippen molar-refractivity contribution in [2.24, 2.45) is 11.8 Å². The summed E-state index contributed by atoms with van der Waals surface area (Å²) < 4.78 is 0. The first kappa shape index (κ1) is 17.8. The third-order valence-corrected chi connectivity index (χ3v) is 5.48. The van der Waals surface area contributed by atoms with E-state index in [0.717, 1.165) is 18.8 Å². The van der Waals surface area contributed by atoms with Crippen LogP contribution in [-0.4, -0.2) is 0 Å². The summed E-state index contributed by atoms with van der Waals surface area (Å²) in [7, 11) is 0. The van der Waals surface area contributed by atoms with Gasteiger partial charge < -0.3 is 0 Å². The predicted octanol–water partition coefficient (Wildman–Crippen LogP) is 7.44. The summed E-state index contributed by atoms with van der Waals surface area (Å²) in [4.78, 5) is 0. The van der Waals surface area contributed by atoms with E-state index in [2.05, 4.69) is 98.8 Å². The summed E-state index contributed by atoms with van der Waals surface area (Å²) in [5.74, 6) is 1.39. The summed E-state index contributed by atoms with van der Waals surface area (Å²) in [5, 5.41) is 5.36. The Labute approximate surface area is 162 Å². The normalized spacial score (nSPS) is 11.7. The third kappa shape index (κ3) is 4.39. The van der Waals surface area contributed by atoms with Crippen molar-refractivity contribution in [2.45, 2.75) is 33.1 Å². The predicted molar refractivity (Wildman–Crippen MR) is 118 cm³/mol. The van der Waals surface area contributed by atoms with Crippen LogP contribution in [0.3, 0.4) is 0 Å². The molecule has 27 heavy (non-hydrogen) atoms. The van der Waals surface area contributed by atoms with Crippen molar-refractivity contribution in [1.29, 1.82) is 0 Å². The van der Waals surface area contributed by atoms with Gasteiger partial charge in [0.1, 0.15) is 0 Å². The van der Waals surface area contributed by atoms with E-state index in [0.29, 0.717) is 5.92 Å². The van der Waals surface area contributed by atoms with Crippen molar-refractivity contribution in [3.8, 4) is 0 Å². The van der Waals surface area contributed by atoms with Crippen LogP contribution < -0.4 is 0 Å². The summed E-state index contributed by atoms with van der Waals surface area (Å²) in [5.41, 5.74) is 2.92. The molecule has 0 fully saturated rings. The van der Waals surface area contributed by atoms with Gasteiger partial charge in [-0.1, -0.05) is 98.8 Å². The summed E-state index contributed by atoms with van der Waals surface area (Å²) in [6, 6.07) is 31.3. The first-order valence-electron chi connectivity index (χ1n) is 10.1. The molecule has 0 saturated carbocycles. The zero-order valence-corrected chi connectivity index (χ0v) is 16.4. The fraction of sp³-hybridized carbons (Fsp3) is 0.259. The minimum absolute atomic E-state index is 0.673. The SMILES string of the molecule is CC(C)CC(Cc1ccc2ccccc2c1)Cc1ccc2ccccc2c1. The summed E-state index contributed by atoms with van der Waals surface area (Å²) in [6.45, 7) is 4.68. The highest BCUT2D eigenvalue weighted by Gasteiger charge is 2.14. The Hall–Kier alpha value is -2.60. The number of rotatable bonds is 6. The van der Waals surface area contributed by atoms with Crippen LogP contribution in [0.1, 0.15) is 31.4 Å². The minimum atomic E-state index is 0.673. The van der Waals surface area contributed by atoms with E-state index < -0.39 is 0 Å². The van der Waals surface area contributed by atoms with Gasteiger partial charge in [0.25, 0.3) is 0 Å². The lowest BCUT2D eigenvalue weighted by Crippen LogP contribution is -2.11. The van der Waals surface area contributed by atoms with Gasteiger partial charge in [0, 0.05) is 0 Å². The average molecular weight is 353 g/mol. The fourth-order valence-electron chi connectivity index (χ4n) is 4.30. The lowest BCUT2D eigenvalue weighted by atomic mass is 9.85. The Morgan fingerprint density at radius 2 is 1.00 bits per heavy atom. The summed E-state index contributed by atoms with van der Waals surface area (Å²) >= 11 is 0. The average Bonchev–Trinajstić information content (AvgIpc) is 2.67. The van der Waals surface area contributed by atoms with Crippen LogP contribution in [-0.2, 0) is 12.8 Å². The van der Waals surface area contributed by atoms with Crippen LogP contribution in [0.15, 0.2) is 84.9 Å². The molecule has 0 heteroatoms. The van der Waals surface area contributed by atoms with Crippen molar-refractivity contribution >= 4 is 21.5 Å². The van der Waals surface area contributed by atoms with Crippen LogP contribution in [0.5, 0.6) is 0 Å². The van der Waals surface area contributed by atoms with E-state index in [4.69, 9.17) is 0 Å². The lowest BCUT2D eigenvalue weighted by molar-refractivity contribution is 0.405. The van der Waals surface area contributed by atoms with Crippen molar-refractivity contribution in [1.82, 2.24) is 0 Å². The fourth-order valence-corrected chi connectivity index (χ4v) is 4.30. The number of fused-ring (bicyclic) bond motifs is 2. The second kappa shape index (κ2) is 7.96. The Bertz CT molecular complexity index is 960. The molecule has 136 valence electrons. The van der Waals surface area contributed by atoms with Crippen LogP contribution in [0.4, 0.5) is 0 Å². The van der Waals surface area contributed by atoms with Crippen molar-refractivity contribution in [2.75, 3.05) is 0 Å². The maximum Gasteiger partial charge on any atom is -0.0181 e. The molecule has 0 aliphatic heterocycles. The van der Waals surface area contributed by atoms with Gasteiger partial charge >= 0.3 is 0 Å². The van der Waals surface area contributed by atoms with Crippen molar-refractivity contribution in [3.05, 3.63) is 96.1 Å². The monoisotopic (exact) mass is 352 g/mol. The quantitative estimate of drug-likeness (QED) is 0.338. The first-order valence-corrected chi connectivity index (χ1v) is 10.1. The largest absolute Gasteiger partial charge is 0.0628 e. The van der Waals surface area contributed by atoms with Gasteiger partial charge in [-0.15, -0.1) is 0 Å².